The van der Waals surface area contributed by atoms with Crippen molar-refractivity contribution >= 4 is 16.8 Å². The lowest BCUT2D eigenvalue weighted by atomic mass is 9.78. The molecule has 2 fully saturated rings. The number of amides is 1. The van der Waals surface area contributed by atoms with E-state index in [1.54, 1.807) is 0 Å². The lowest BCUT2D eigenvalue weighted by molar-refractivity contribution is 0.0756. The van der Waals surface area contributed by atoms with Crippen molar-refractivity contribution in [3.05, 3.63) is 42.1 Å². The highest BCUT2D eigenvalue weighted by molar-refractivity contribution is 5.95. The average molecular weight is 295 g/mol. The number of aromatic nitrogens is 1. The van der Waals surface area contributed by atoms with Crippen LogP contribution in [0.5, 0.6) is 0 Å². The largest absolute Gasteiger partial charge is 0.337 e. The number of fused-ring (bicyclic) bond motifs is 1. The summed E-state index contributed by atoms with van der Waals surface area (Å²) in [6, 6.07) is 11.8. The molecular weight excluding hydrogens is 274 g/mol. The van der Waals surface area contributed by atoms with Gasteiger partial charge in [-0.15, -0.1) is 0 Å². The number of nitrogens with zero attached hydrogens (tertiary/aromatic N) is 2. The van der Waals surface area contributed by atoms with Crippen LogP contribution < -0.4 is 5.32 Å². The fourth-order valence-electron chi connectivity index (χ4n) is 3.82. The number of para-hydroxylation sites is 1. The number of rotatable bonds is 1. The summed E-state index contributed by atoms with van der Waals surface area (Å²) in [6.45, 7) is 3.92. The summed E-state index contributed by atoms with van der Waals surface area (Å²) in [5, 5.41) is 4.49. The van der Waals surface area contributed by atoms with Crippen molar-refractivity contribution in [1.29, 1.82) is 0 Å². The summed E-state index contributed by atoms with van der Waals surface area (Å²) in [5.41, 5.74) is 1.81. The SMILES string of the molecule is O=C(c1ccc2ccccc2n1)N1CCC2(CCNCC2)C1. The average Bonchev–Trinajstić information content (AvgIpc) is 2.98. The van der Waals surface area contributed by atoms with Gasteiger partial charge in [0.2, 0.25) is 0 Å². The number of hydrogen-bond donors (Lipinski definition) is 1. The van der Waals surface area contributed by atoms with Gasteiger partial charge < -0.3 is 10.2 Å². The quantitative estimate of drug-likeness (QED) is 0.879. The van der Waals surface area contributed by atoms with Crippen LogP contribution in [0, 0.1) is 5.41 Å². The van der Waals surface area contributed by atoms with Crippen LogP contribution in [0.25, 0.3) is 10.9 Å². The zero-order valence-electron chi connectivity index (χ0n) is 12.7. The highest BCUT2D eigenvalue weighted by atomic mass is 16.2. The van der Waals surface area contributed by atoms with Crippen molar-refractivity contribution in [1.82, 2.24) is 15.2 Å². The Labute approximate surface area is 130 Å². The van der Waals surface area contributed by atoms with E-state index in [0.717, 1.165) is 43.5 Å². The van der Waals surface area contributed by atoms with Crippen molar-refractivity contribution in [2.24, 2.45) is 5.41 Å². The molecule has 0 atom stereocenters. The minimum Gasteiger partial charge on any atom is -0.337 e. The number of pyridine rings is 1. The van der Waals surface area contributed by atoms with Crippen molar-refractivity contribution < 1.29 is 4.79 Å². The Hall–Kier alpha value is -1.94. The van der Waals surface area contributed by atoms with Gasteiger partial charge in [-0.3, -0.25) is 4.79 Å². The Balaban J connectivity index is 1.56. The Morgan fingerprint density at radius 1 is 1.09 bits per heavy atom. The number of nitrogens with one attached hydrogen (secondary N) is 1. The maximum atomic E-state index is 12.8. The van der Waals surface area contributed by atoms with E-state index in [1.165, 1.54) is 12.8 Å². The van der Waals surface area contributed by atoms with E-state index in [1.807, 2.05) is 41.3 Å². The fourth-order valence-corrected chi connectivity index (χ4v) is 3.82. The number of likely N-dealkylation sites (tertiary alicyclic amines) is 1. The molecule has 1 aromatic carbocycles. The van der Waals surface area contributed by atoms with Crippen LogP contribution in [0.3, 0.4) is 0 Å². The molecule has 4 heteroatoms. The Bertz CT molecular complexity index is 706. The van der Waals surface area contributed by atoms with E-state index in [9.17, 15) is 4.79 Å². The number of benzene rings is 1. The zero-order chi connectivity index (χ0) is 15.0. The molecule has 114 valence electrons. The third kappa shape index (κ3) is 2.37. The molecule has 0 unspecified atom stereocenters. The third-order valence-corrected chi connectivity index (χ3v) is 5.21. The van der Waals surface area contributed by atoms with E-state index < -0.39 is 0 Å². The molecule has 4 nitrogen and oxygen atoms in total. The van der Waals surface area contributed by atoms with Gasteiger partial charge in [0, 0.05) is 18.5 Å². The number of carbonyl (C=O) groups is 1. The molecule has 4 rings (SSSR count). The molecule has 1 aromatic heterocycles. The van der Waals surface area contributed by atoms with Crippen molar-refractivity contribution in [3.63, 3.8) is 0 Å². The number of hydrogen-bond acceptors (Lipinski definition) is 3. The maximum Gasteiger partial charge on any atom is 0.272 e. The van der Waals surface area contributed by atoms with Gasteiger partial charge in [0.05, 0.1) is 5.52 Å². The second-order valence-corrected chi connectivity index (χ2v) is 6.62. The van der Waals surface area contributed by atoms with Gasteiger partial charge in [0.1, 0.15) is 5.69 Å². The van der Waals surface area contributed by atoms with Crippen LogP contribution in [0.15, 0.2) is 36.4 Å². The second kappa shape index (κ2) is 5.36. The van der Waals surface area contributed by atoms with Gasteiger partial charge in [0.25, 0.3) is 5.91 Å². The summed E-state index contributed by atoms with van der Waals surface area (Å²) in [6.07, 6.45) is 3.50. The Morgan fingerprint density at radius 3 is 2.77 bits per heavy atom. The van der Waals surface area contributed by atoms with Crippen molar-refractivity contribution in [3.8, 4) is 0 Å². The van der Waals surface area contributed by atoms with E-state index >= 15 is 0 Å². The van der Waals surface area contributed by atoms with Crippen LogP contribution in [-0.2, 0) is 0 Å². The number of carbonyl (C=O) groups excluding carboxylic acids is 1. The molecule has 3 heterocycles. The van der Waals surface area contributed by atoms with Gasteiger partial charge >= 0.3 is 0 Å². The van der Waals surface area contributed by atoms with Gasteiger partial charge in [-0.1, -0.05) is 24.3 Å². The zero-order valence-corrected chi connectivity index (χ0v) is 12.7. The lowest BCUT2D eigenvalue weighted by Gasteiger charge is -2.33. The van der Waals surface area contributed by atoms with Crippen LogP contribution in [0.2, 0.25) is 0 Å². The fraction of sp³-hybridized carbons (Fsp3) is 0.444. The van der Waals surface area contributed by atoms with Crippen LogP contribution in [0.4, 0.5) is 0 Å². The molecule has 2 aliphatic rings. The normalized spacial score (nSPS) is 20.6. The minimum atomic E-state index is 0.0844. The first-order valence-corrected chi connectivity index (χ1v) is 8.12. The van der Waals surface area contributed by atoms with E-state index in [0.29, 0.717) is 11.1 Å². The molecule has 2 saturated heterocycles. The minimum absolute atomic E-state index is 0.0844. The van der Waals surface area contributed by atoms with Gasteiger partial charge in [-0.2, -0.15) is 0 Å². The highest BCUT2D eigenvalue weighted by Crippen LogP contribution is 2.38. The third-order valence-electron chi connectivity index (χ3n) is 5.21. The van der Waals surface area contributed by atoms with Gasteiger partial charge in [0.15, 0.2) is 0 Å². The maximum absolute atomic E-state index is 12.8. The molecule has 1 amide bonds. The standard InChI is InChI=1S/C18H21N3O/c22-17(16-6-5-14-3-1-2-4-15(14)20-16)21-12-9-18(13-21)7-10-19-11-8-18/h1-6,19H,7-13H2. The molecule has 0 saturated carbocycles. The Kier molecular flexibility index (Phi) is 3.34. The monoisotopic (exact) mass is 295 g/mol. The molecule has 2 aromatic rings. The van der Waals surface area contributed by atoms with Crippen molar-refractivity contribution in [2.75, 3.05) is 26.2 Å². The predicted molar refractivity (Wildman–Crippen MR) is 86.8 cm³/mol. The summed E-state index contributed by atoms with van der Waals surface area (Å²) < 4.78 is 0. The first-order valence-electron chi connectivity index (χ1n) is 8.12. The molecule has 0 aliphatic carbocycles. The summed E-state index contributed by atoms with van der Waals surface area (Å²) in [7, 11) is 0. The first-order chi connectivity index (χ1) is 10.8. The predicted octanol–water partition coefficient (Wildman–Crippen LogP) is 2.45. The van der Waals surface area contributed by atoms with Crippen LogP contribution in [0.1, 0.15) is 29.8 Å². The Morgan fingerprint density at radius 2 is 1.91 bits per heavy atom. The van der Waals surface area contributed by atoms with E-state index in [-0.39, 0.29) is 5.91 Å². The smallest absolute Gasteiger partial charge is 0.272 e. The number of piperidine rings is 1. The summed E-state index contributed by atoms with van der Waals surface area (Å²) >= 11 is 0. The molecule has 1 N–H and O–H groups in total. The van der Waals surface area contributed by atoms with Gasteiger partial charge in [-0.05, 0) is 49.9 Å². The summed E-state index contributed by atoms with van der Waals surface area (Å²) in [5.74, 6) is 0.0844. The van der Waals surface area contributed by atoms with Crippen LogP contribution >= 0.6 is 0 Å². The van der Waals surface area contributed by atoms with E-state index in [2.05, 4.69) is 10.3 Å². The first kappa shape index (κ1) is 13.7. The van der Waals surface area contributed by atoms with Crippen LogP contribution in [-0.4, -0.2) is 42.0 Å². The molecule has 22 heavy (non-hydrogen) atoms. The highest BCUT2D eigenvalue weighted by Gasteiger charge is 2.40. The molecule has 0 bridgehead atoms. The topological polar surface area (TPSA) is 45.2 Å². The molecule has 1 spiro atoms. The van der Waals surface area contributed by atoms with Gasteiger partial charge in [-0.25, -0.2) is 4.98 Å². The molecular formula is C18H21N3O. The van der Waals surface area contributed by atoms with Crippen molar-refractivity contribution in [2.45, 2.75) is 19.3 Å². The lowest BCUT2D eigenvalue weighted by Crippen LogP contribution is -2.39. The molecule has 2 aliphatic heterocycles. The summed E-state index contributed by atoms with van der Waals surface area (Å²) in [4.78, 5) is 19.3. The second-order valence-electron chi connectivity index (χ2n) is 6.62. The molecule has 0 radical (unpaired) electrons. The van der Waals surface area contributed by atoms with E-state index in [4.69, 9.17) is 0 Å².